The van der Waals surface area contributed by atoms with E-state index in [9.17, 15) is 5.11 Å². The molecule has 3 rings (SSSR count). The minimum Gasteiger partial charge on any atom is -0.396 e. The molecule has 110 valence electrons. The molecule has 0 spiro atoms. The number of nitrogens with one attached hydrogen (secondary N) is 1. The van der Waals surface area contributed by atoms with Crippen LogP contribution < -0.4 is 5.32 Å². The topological polar surface area (TPSA) is 32.3 Å². The maximum absolute atomic E-state index is 9.19. The lowest BCUT2D eigenvalue weighted by atomic mass is 9.85. The van der Waals surface area contributed by atoms with Gasteiger partial charge in [0.05, 0.1) is 0 Å². The van der Waals surface area contributed by atoms with Gasteiger partial charge < -0.3 is 10.4 Å². The van der Waals surface area contributed by atoms with E-state index < -0.39 is 0 Å². The molecule has 0 bridgehead atoms. The molecule has 1 aromatic rings. The van der Waals surface area contributed by atoms with Crippen molar-refractivity contribution in [1.82, 2.24) is 5.32 Å². The molecule has 0 radical (unpaired) electrons. The van der Waals surface area contributed by atoms with Gasteiger partial charge in [0.2, 0.25) is 0 Å². The first-order valence-corrected chi connectivity index (χ1v) is 7.96. The van der Waals surface area contributed by atoms with Crippen LogP contribution in [0.2, 0.25) is 5.02 Å². The highest BCUT2D eigenvalue weighted by molar-refractivity contribution is 6.30. The van der Waals surface area contributed by atoms with E-state index in [0.29, 0.717) is 18.1 Å². The third-order valence-corrected chi connectivity index (χ3v) is 5.36. The van der Waals surface area contributed by atoms with E-state index in [1.807, 2.05) is 6.07 Å². The summed E-state index contributed by atoms with van der Waals surface area (Å²) in [7, 11) is 0. The van der Waals surface area contributed by atoms with E-state index >= 15 is 0 Å². The number of aliphatic hydroxyl groups is 1. The summed E-state index contributed by atoms with van der Waals surface area (Å²) in [6.07, 6.45) is 4.52. The highest BCUT2D eigenvalue weighted by Crippen LogP contribution is 2.50. The van der Waals surface area contributed by atoms with E-state index in [0.717, 1.165) is 24.4 Å². The first-order valence-electron chi connectivity index (χ1n) is 7.58. The van der Waals surface area contributed by atoms with Crippen LogP contribution in [0.1, 0.15) is 50.3 Å². The molecule has 0 heterocycles. The van der Waals surface area contributed by atoms with Gasteiger partial charge in [0, 0.05) is 24.2 Å². The van der Waals surface area contributed by atoms with Crippen molar-refractivity contribution in [3.8, 4) is 0 Å². The SMILES string of the molecule is CC1(C)Cc2ccc(Cl)cc2C1NCC1(CCO)CC1. The predicted octanol–water partition coefficient (Wildman–Crippen LogP) is 3.72. The van der Waals surface area contributed by atoms with E-state index in [4.69, 9.17) is 11.6 Å². The van der Waals surface area contributed by atoms with Crippen molar-refractivity contribution in [2.24, 2.45) is 10.8 Å². The maximum Gasteiger partial charge on any atom is 0.0436 e. The molecule has 1 fully saturated rings. The molecule has 1 unspecified atom stereocenters. The zero-order valence-corrected chi connectivity index (χ0v) is 13.1. The summed E-state index contributed by atoms with van der Waals surface area (Å²) in [5.41, 5.74) is 3.36. The second-order valence-corrected chi connectivity index (χ2v) is 7.73. The Labute approximate surface area is 126 Å². The Morgan fingerprint density at radius 1 is 1.35 bits per heavy atom. The number of hydrogen-bond donors (Lipinski definition) is 2. The quantitative estimate of drug-likeness (QED) is 0.867. The van der Waals surface area contributed by atoms with Crippen molar-refractivity contribution in [2.75, 3.05) is 13.2 Å². The third-order valence-electron chi connectivity index (χ3n) is 5.13. The summed E-state index contributed by atoms with van der Waals surface area (Å²) in [6, 6.07) is 6.65. The average molecular weight is 294 g/mol. The minimum atomic E-state index is 0.225. The molecule has 1 atom stereocenters. The van der Waals surface area contributed by atoms with E-state index in [-0.39, 0.29) is 5.41 Å². The Bertz CT molecular complexity index is 508. The molecule has 0 amide bonds. The van der Waals surface area contributed by atoms with E-state index in [1.165, 1.54) is 24.0 Å². The van der Waals surface area contributed by atoms with Gasteiger partial charge in [-0.3, -0.25) is 0 Å². The Morgan fingerprint density at radius 3 is 2.75 bits per heavy atom. The fraction of sp³-hybridized carbons (Fsp3) is 0.647. The zero-order chi connectivity index (χ0) is 14.4. The Balaban J connectivity index is 1.77. The lowest BCUT2D eigenvalue weighted by Crippen LogP contribution is -2.35. The largest absolute Gasteiger partial charge is 0.396 e. The summed E-state index contributed by atoms with van der Waals surface area (Å²) >= 11 is 6.17. The number of aliphatic hydroxyl groups excluding tert-OH is 1. The van der Waals surface area contributed by atoms with Crippen LogP contribution >= 0.6 is 11.6 Å². The summed E-state index contributed by atoms with van der Waals surface area (Å²) in [5, 5.41) is 13.8. The van der Waals surface area contributed by atoms with Crippen molar-refractivity contribution >= 4 is 11.6 Å². The molecular formula is C17H24ClNO. The molecule has 2 N–H and O–H groups in total. The second-order valence-electron chi connectivity index (χ2n) is 7.30. The second kappa shape index (κ2) is 5.01. The average Bonchev–Trinajstić information content (AvgIpc) is 3.07. The number of fused-ring (bicyclic) bond motifs is 1. The molecular weight excluding hydrogens is 270 g/mol. The minimum absolute atomic E-state index is 0.225. The molecule has 20 heavy (non-hydrogen) atoms. The lowest BCUT2D eigenvalue weighted by molar-refractivity contribution is 0.219. The van der Waals surface area contributed by atoms with Crippen molar-refractivity contribution in [2.45, 2.75) is 45.6 Å². The van der Waals surface area contributed by atoms with Crippen molar-refractivity contribution in [3.05, 3.63) is 34.3 Å². The van der Waals surface area contributed by atoms with Gasteiger partial charge >= 0.3 is 0 Å². The molecule has 2 aliphatic carbocycles. The van der Waals surface area contributed by atoms with Gasteiger partial charge in [0.1, 0.15) is 0 Å². The Hall–Kier alpha value is -0.570. The first kappa shape index (κ1) is 14.4. The molecule has 0 aromatic heterocycles. The van der Waals surface area contributed by atoms with Crippen molar-refractivity contribution < 1.29 is 5.11 Å². The van der Waals surface area contributed by atoms with Crippen LogP contribution in [0.3, 0.4) is 0 Å². The van der Waals surface area contributed by atoms with Gasteiger partial charge in [-0.05, 0) is 59.8 Å². The fourth-order valence-corrected chi connectivity index (χ4v) is 3.82. The lowest BCUT2D eigenvalue weighted by Gasteiger charge is -2.30. The maximum atomic E-state index is 9.19. The Morgan fingerprint density at radius 2 is 2.10 bits per heavy atom. The summed E-state index contributed by atoms with van der Waals surface area (Å²) in [4.78, 5) is 0. The highest BCUT2D eigenvalue weighted by atomic mass is 35.5. The van der Waals surface area contributed by atoms with Gasteiger partial charge in [-0.25, -0.2) is 0 Å². The van der Waals surface area contributed by atoms with Crippen LogP contribution in [0.15, 0.2) is 18.2 Å². The van der Waals surface area contributed by atoms with Gasteiger partial charge in [-0.1, -0.05) is 31.5 Å². The van der Waals surface area contributed by atoms with Crippen LogP contribution in [-0.2, 0) is 6.42 Å². The molecule has 2 nitrogen and oxygen atoms in total. The first-order chi connectivity index (χ1) is 9.46. The smallest absolute Gasteiger partial charge is 0.0436 e. The summed E-state index contributed by atoms with van der Waals surface area (Å²) in [5.74, 6) is 0. The predicted molar refractivity (Wildman–Crippen MR) is 83.1 cm³/mol. The zero-order valence-electron chi connectivity index (χ0n) is 12.4. The molecule has 3 heteroatoms. The van der Waals surface area contributed by atoms with Crippen LogP contribution in [0.4, 0.5) is 0 Å². The van der Waals surface area contributed by atoms with Crippen molar-refractivity contribution in [3.63, 3.8) is 0 Å². The normalized spacial score (nSPS) is 25.5. The van der Waals surface area contributed by atoms with Gasteiger partial charge in [0.15, 0.2) is 0 Å². The standard InChI is InChI=1S/C17H24ClNO/c1-16(2)10-12-3-4-13(18)9-14(12)15(16)19-11-17(5-6-17)7-8-20/h3-4,9,15,19-20H,5-8,10-11H2,1-2H3. The monoisotopic (exact) mass is 293 g/mol. The summed E-state index contributed by atoms with van der Waals surface area (Å²) < 4.78 is 0. The number of hydrogen-bond acceptors (Lipinski definition) is 2. The summed E-state index contributed by atoms with van der Waals surface area (Å²) in [6.45, 7) is 5.96. The van der Waals surface area contributed by atoms with Gasteiger partial charge in [-0.2, -0.15) is 0 Å². The highest BCUT2D eigenvalue weighted by Gasteiger charge is 2.44. The number of rotatable bonds is 5. The number of benzene rings is 1. The van der Waals surface area contributed by atoms with Crippen LogP contribution in [0.5, 0.6) is 0 Å². The van der Waals surface area contributed by atoms with E-state index in [1.54, 1.807) is 0 Å². The molecule has 2 aliphatic rings. The van der Waals surface area contributed by atoms with Gasteiger partial charge in [-0.15, -0.1) is 0 Å². The van der Waals surface area contributed by atoms with Crippen LogP contribution in [0.25, 0.3) is 0 Å². The van der Waals surface area contributed by atoms with Crippen molar-refractivity contribution in [1.29, 1.82) is 0 Å². The molecule has 1 aromatic carbocycles. The molecule has 1 saturated carbocycles. The van der Waals surface area contributed by atoms with E-state index in [2.05, 4.69) is 31.3 Å². The van der Waals surface area contributed by atoms with Crippen LogP contribution in [0, 0.1) is 10.8 Å². The molecule has 0 aliphatic heterocycles. The number of halogens is 1. The fourth-order valence-electron chi connectivity index (χ4n) is 3.64. The third kappa shape index (κ3) is 2.61. The molecule has 0 saturated heterocycles. The Kier molecular flexibility index (Phi) is 3.60. The van der Waals surface area contributed by atoms with Crippen LogP contribution in [-0.4, -0.2) is 18.3 Å². The van der Waals surface area contributed by atoms with Gasteiger partial charge in [0.25, 0.3) is 0 Å².